The van der Waals surface area contributed by atoms with E-state index in [4.69, 9.17) is 11.6 Å². The van der Waals surface area contributed by atoms with Crippen LogP contribution < -0.4 is 4.72 Å². The van der Waals surface area contributed by atoms with Crippen molar-refractivity contribution in [2.75, 3.05) is 4.72 Å². The van der Waals surface area contributed by atoms with E-state index in [0.29, 0.717) is 0 Å². The van der Waals surface area contributed by atoms with E-state index in [2.05, 4.69) is 25.6 Å². The van der Waals surface area contributed by atoms with Gasteiger partial charge in [-0.05, 0) is 34.1 Å². The van der Waals surface area contributed by atoms with E-state index in [1.54, 1.807) is 0 Å². The first-order valence-corrected chi connectivity index (χ1v) is 8.03. The highest BCUT2D eigenvalue weighted by Gasteiger charge is 2.17. The fourth-order valence-corrected chi connectivity index (χ4v) is 3.16. The van der Waals surface area contributed by atoms with E-state index in [-0.39, 0.29) is 25.9 Å². The second kappa shape index (κ2) is 5.96. The molecule has 110 valence electrons. The summed E-state index contributed by atoms with van der Waals surface area (Å²) in [6.07, 6.45) is 1.12. The van der Waals surface area contributed by atoms with Crippen molar-refractivity contribution in [2.24, 2.45) is 0 Å². The van der Waals surface area contributed by atoms with Gasteiger partial charge in [0.25, 0.3) is 15.7 Å². The average Bonchev–Trinajstić information content (AvgIpc) is 2.41. The van der Waals surface area contributed by atoms with Gasteiger partial charge in [0.15, 0.2) is 0 Å². The first-order chi connectivity index (χ1) is 9.79. The SMILES string of the molecule is O=[N+]([O-])c1ccc(NS(=O)(=O)c2ccc(Cl)nc2)c(Br)c1. The number of nitrogens with zero attached hydrogens (tertiary/aromatic N) is 2. The smallest absolute Gasteiger partial charge is 0.270 e. The molecule has 1 heterocycles. The van der Waals surface area contributed by atoms with Gasteiger partial charge in [-0.15, -0.1) is 0 Å². The molecular weight excluding hydrogens is 386 g/mol. The average molecular weight is 393 g/mol. The summed E-state index contributed by atoms with van der Waals surface area (Å²) in [6.45, 7) is 0. The normalized spacial score (nSPS) is 11.1. The van der Waals surface area contributed by atoms with Crippen molar-refractivity contribution >= 4 is 48.9 Å². The van der Waals surface area contributed by atoms with Gasteiger partial charge in [0, 0.05) is 22.8 Å². The number of nitro benzene ring substituents is 1. The maximum absolute atomic E-state index is 12.1. The van der Waals surface area contributed by atoms with Crippen LogP contribution in [0.1, 0.15) is 0 Å². The van der Waals surface area contributed by atoms with Crippen LogP contribution in [0.15, 0.2) is 45.9 Å². The van der Waals surface area contributed by atoms with Crippen LogP contribution in [0.4, 0.5) is 11.4 Å². The van der Waals surface area contributed by atoms with Gasteiger partial charge < -0.3 is 0 Å². The molecule has 1 N–H and O–H groups in total. The third-order valence-electron chi connectivity index (χ3n) is 2.42. The van der Waals surface area contributed by atoms with Crippen molar-refractivity contribution in [2.45, 2.75) is 4.90 Å². The number of hydrogen-bond acceptors (Lipinski definition) is 5. The molecule has 2 aromatic rings. The highest BCUT2D eigenvalue weighted by Crippen LogP contribution is 2.29. The zero-order chi connectivity index (χ0) is 15.6. The van der Waals surface area contributed by atoms with Crippen LogP contribution in [0.2, 0.25) is 5.15 Å². The summed E-state index contributed by atoms with van der Waals surface area (Å²) in [6, 6.07) is 6.35. The van der Waals surface area contributed by atoms with Crippen LogP contribution in [0.3, 0.4) is 0 Å². The number of anilines is 1. The molecule has 0 aliphatic heterocycles. The minimum atomic E-state index is -3.86. The van der Waals surface area contributed by atoms with Crippen molar-refractivity contribution in [3.8, 4) is 0 Å². The summed E-state index contributed by atoms with van der Waals surface area (Å²) in [4.78, 5) is 13.7. The second-order valence-corrected chi connectivity index (χ2v) is 6.77. The van der Waals surface area contributed by atoms with E-state index >= 15 is 0 Å². The highest BCUT2D eigenvalue weighted by molar-refractivity contribution is 9.10. The van der Waals surface area contributed by atoms with Crippen LogP contribution in [0.5, 0.6) is 0 Å². The molecule has 1 aromatic heterocycles. The van der Waals surface area contributed by atoms with Gasteiger partial charge in [-0.2, -0.15) is 0 Å². The van der Waals surface area contributed by atoms with E-state index in [1.165, 1.54) is 30.3 Å². The molecule has 21 heavy (non-hydrogen) atoms. The van der Waals surface area contributed by atoms with Gasteiger partial charge in [0.2, 0.25) is 0 Å². The Morgan fingerprint density at radius 2 is 2.00 bits per heavy atom. The van der Waals surface area contributed by atoms with Gasteiger partial charge in [-0.25, -0.2) is 13.4 Å². The molecule has 0 saturated carbocycles. The summed E-state index contributed by atoms with van der Waals surface area (Å²) in [5, 5.41) is 10.8. The fourth-order valence-electron chi connectivity index (χ4n) is 1.43. The summed E-state index contributed by atoms with van der Waals surface area (Å²) < 4.78 is 26.8. The van der Waals surface area contributed by atoms with E-state index in [0.717, 1.165) is 6.20 Å². The Morgan fingerprint density at radius 3 is 2.52 bits per heavy atom. The van der Waals surface area contributed by atoms with E-state index in [1.807, 2.05) is 0 Å². The molecule has 2 rings (SSSR count). The molecule has 0 aliphatic rings. The van der Waals surface area contributed by atoms with Crippen LogP contribution >= 0.6 is 27.5 Å². The van der Waals surface area contributed by atoms with Crippen LogP contribution in [-0.2, 0) is 10.0 Å². The van der Waals surface area contributed by atoms with Crippen molar-refractivity contribution in [3.63, 3.8) is 0 Å². The molecule has 0 aliphatic carbocycles. The molecule has 0 fully saturated rings. The molecule has 0 bridgehead atoms. The number of nitrogens with one attached hydrogen (secondary N) is 1. The van der Waals surface area contributed by atoms with Crippen LogP contribution in [0.25, 0.3) is 0 Å². The summed E-state index contributed by atoms with van der Waals surface area (Å²) in [7, 11) is -3.86. The lowest BCUT2D eigenvalue weighted by Crippen LogP contribution is -2.13. The highest BCUT2D eigenvalue weighted by atomic mass is 79.9. The molecule has 0 atom stereocenters. The van der Waals surface area contributed by atoms with Crippen molar-refractivity contribution in [1.82, 2.24) is 4.98 Å². The lowest BCUT2D eigenvalue weighted by atomic mass is 10.3. The maximum Gasteiger partial charge on any atom is 0.270 e. The largest absolute Gasteiger partial charge is 0.278 e. The van der Waals surface area contributed by atoms with Crippen molar-refractivity contribution in [3.05, 3.63) is 56.3 Å². The summed E-state index contributed by atoms with van der Waals surface area (Å²) in [5.74, 6) is 0. The molecule has 10 heteroatoms. The minimum absolute atomic E-state index is 0.0721. The number of nitro groups is 1. The third kappa shape index (κ3) is 3.69. The van der Waals surface area contributed by atoms with Crippen LogP contribution in [-0.4, -0.2) is 18.3 Å². The monoisotopic (exact) mass is 391 g/mol. The summed E-state index contributed by atoms with van der Waals surface area (Å²) >= 11 is 8.68. The number of sulfonamides is 1. The Bertz CT molecular complexity index is 796. The Kier molecular flexibility index (Phi) is 4.45. The predicted octanol–water partition coefficient (Wildman–Crippen LogP) is 3.21. The number of rotatable bonds is 4. The molecule has 0 amide bonds. The molecule has 0 unspecified atom stereocenters. The molecular formula is C11H7BrClN3O4S. The predicted molar refractivity (Wildman–Crippen MR) is 80.9 cm³/mol. The fraction of sp³-hybridized carbons (Fsp3) is 0. The second-order valence-electron chi connectivity index (χ2n) is 3.84. The number of non-ortho nitro benzene ring substituents is 1. The van der Waals surface area contributed by atoms with Gasteiger partial charge >= 0.3 is 0 Å². The zero-order valence-electron chi connectivity index (χ0n) is 10.2. The topological polar surface area (TPSA) is 102 Å². The molecule has 1 aromatic carbocycles. The standard InChI is InChI=1S/C11H7BrClN3O4S/c12-9-5-7(16(17)18)1-3-10(9)15-21(19,20)8-2-4-11(13)14-6-8/h1-6,15H. The zero-order valence-corrected chi connectivity index (χ0v) is 13.3. The Labute approximate surface area is 133 Å². The number of halogens is 2. The first kappa shape index (κ1) is 15.7. The Morgan fingerprint density at radius 1 is 1.29 bits per heavy atom. The quantitative estimate of drug-likeness (QED) is 0.489. The van der Waals surface area contributed by atoms with Crippen molar-refractivity contribution < 1.29 is 13.3 Å². The number of pyridine rings is 1. The van der Waals surface area contributed by atoms with Gasteiger partial charge in [0.1, 0.15) is 10.0 Å². The van der Waals surface area contributed by atoms with Crippen LogP contribution in [0, 0.1) is 10.1 Å². The molecule has 0 radical (unpaired) electrons. The van der Waals surface area contributed by atoms with E-state index in [9.17, 15) is 18.5 Å². The number of benzene rings is 1. The first-order valence-electron chi connectivity index (χ1n) is 5.38. The number of hydrogen-bond donors (Lipinski definition) is 1. The lowest BCUT2D eigenvalue weighted by Gasteiger charge is -2.09. The molecule has 7 nitrogen and oxygen atoms in total. The molecule has 0 spiro atoms. The van der Waals surface area contributed by atoms with Gasteiger partial charge in [0.05, 0.1) is 10.6 Å². The van der Waals surface area contributed by atoms with Gasteiger partial charge in [-0.3, -0.25) is 14.8 Å². The molecule has 0 saturated heterocycles. The van der Waals surface area contributed by atoms with Crippen molar-refractivity contribution in [1.29, 1.82) is 0 Å². The lowest BCUT2D eigenvalue weighted by molar-refractivity contribution is -0.384. The van der Waals surface area contributed by atoms with E-state index < -0.39 is 14.9 Å². The third-order valence-corrected chi connectivity index (χ3v) is 4.65. The van der Waals surface area contributed by atoms with Gasteiger partial charge in [-0.1, -0.05) is 11.6 Å². The number of aromatic nitrogens is 1. The Balaban J connectivity index is 2.32. The maximum atomic E-state index is 12.1. The Hall–Kier alpha value is -1.71. The summed E-state index contributed by atoms with van der Waals surface area (Å²) in [5.41, 5.74) is 0.0218. The minimum Gasteiger partial charge on any atom is -0.278 e.